The van der Waals surface area contributed by atoms with E-state index in [-0.39, 0.29) is 0 Å². The van der Waals surface area contributed by atoms with Gasteiger partial charge in [0.05, 0.1) is 28.0 Å². The van der Waals surface area contributed by atoms with Gasteiger partial charge < -0.3 is 14.2 Å². The monoisotopic (exact) mass is 565 g/mol. The van der Waals surface area contributed by atoms with Crippen LogP contribution in [0.25, 0.3) is 0 Å². The number of benzene rings is 5. The van der Waals surface area contributed by atoms with Crippen molar-refractivity contribution < 1.29 is 9.31 Å². The highest BCUT2D eigenvalue weighted by Crippen LogP contribution is 2.62. The molecule has 5 aromatic carbocycles. The van der Waals surface area contributed by atoms with Crippen LogP contribution < -0.4 is 10.4 Å². The second kappa shape index (κ2) is 9.12. The molecule has 3 nitrogen and oxygen atoms in total. The maximum absolute atomic E-state index is 6.56. The van der Waals surface area contributed by atoms with Crippen molar-refractivity contribution in [3.05, 3.63) is 144 Å². The summed E-state index contributed by atoms with van der Waals surface area (Å²) in [5.74, 6) is 0. The summed E-state index contributed by atoms with van der Waals surface area (Å²) in [6, 6.07) is 44.3. The van der Waals surface area contributed by atoms with Gasteiger partial charge in [-0.15, -0.1) is 0 Å². The van der Waals surface area contributed by atoms with Crippen molar-refractivity contribution in [3.63, 3.8) is 0 Å². The molecule has 0 radical (unpaired) electrons. The van der Waals surface area contributed by atoms with Gasteiger partial charge in [-0.05, 0) is 91.8 Å². The number of fused-ring (bicyclic) bond motifs is 8. The summed E-state index contributed by atoms with van der Waals surface area (Å²) >= 11 is 1.85. The van der Waals surface area contributed by atoms with Crippen LogP contribution in [0.1, 0.15) is 49.9 Å². The van der Waals surface area contributed by atoms with Gasteiger partial charge in [0.2, 0.25) is 0 Å². The van der Waals surface area contributed by atoms with Gasteiger partial charge in [0.25, 0.3) is 0 Å². The second-order valence-corrected chi connectivity index (χ2v) is 13.5. The molecule has 5 aromatic rings. The number of para-hydroxylation sites is 3. The Bertz CT molecular complexity index is 1790. The van der Waals surface area contributed by atoms with Crippen molar-refractivity contribution in [2.24, 2.45) is 0 Å². The lowest BCUT2D eigenvalue weighted by Crippen LogP contribution is -2.42. The molecular formula is C37H32BNO2S. The Morgan fingerprint density at radius 3 is 1.71 bits per heavy atom. The van der Waals surface area contributed by atoms with Crippen LogP contribution in [0.5, 0.6) is 0 Å². The minimum Gasteiger partial charge on any atom is -0.399 e. The van der Waals surface area contributed by atoms with E-state index < -0.39 is 23.7 Å². The maximum Gasteiger partial charge on any atom is 0.494 e. The SMILES string of the molecule is CC1(C)OB(c2ccc3c(c2)C2(c4ccccc4S3)c3ccccc3N(c3ccccc3)c3ccccc32)OC1(C)C. The van der Waals surface area contributed by atoms with Crippen LogP contribution in [0.2, 0.25) is 0 Å². The van der Waals surface area contributed by atoms with Crippen molar-refractivity contribution in [1.82, 2.24) is 0 Å². The highest BCUT2D eigenvalue weighted by Gasteiger charge is 2.54. The minimum atomic E-state index is -0.519. The Balaban J connectivity index is 1.45. The van der Waals surface area contributed by atoms with Crippen molar-refractivity contribution in [3.8, 4) is 0 Å². The zero-order valence-corrected chi connectivity index (χ0v) is 25.1. The predicted molar refractivity (Wildman–Crippen MR) is 173 cm³/mol. The molecule has 0 bridgehead atoms. The van der Waals surface area contributed by atoms with Crippen LogP contribution in [-0.4, -0.2) is 18.3 Å². The zero-order chi connectivity index (χ0) is 28.7. The van der Waals surface area contributed by atoms with Gasteiger partial charge >= 0.3 is 7.12 Å². The fourth-order valence-electron chi connectivity index (χ4n) is 6.87. The smallest absolute Gasteiger partial charge is 0.399 e. The molecule has 1 fully saturated rings. The highest BCUT2D eigenvalue weighted by molar-refractivity contribution is 7.99. The number of hydrogen-bond acceptors (Lipinski definition) is 4. The van der Waals surface area contributed by atoms with Crippen LogP contribution in [0.4, 0.5) is 17.1 Å². The topological polar surface area (TPSA) is 21.7 Å². The minimum absolute atomic E-state index is 0.410. The molecule has 1 spiro atoms. The van der Waals surface area contributed by atoms with E-state index in [1.165, 1.54) is 43.4 Å². The summed E-state index contributed by atoms with van der Waals surface area (Å²) in [6.07, 6.45) is 0. The van der Waals surface area contributed by atoms with Crippen LogP contribution in [0, 0.1) is 0 Å². The third-order valence-corrected chi connectivity index (χ3v) is 10.7. The largest absolute Gasteiger partial charge is 0.494 e. The van der Waals surface area contributed by atoms with Gasteiger partial charge in [-0.25, -0.2) is 0 Å². The molecule has 0 unspecified atom stereocenters. The summed E-state index contributed by atoms with van der Waals surface area (Å²) in [5.41, 5.74) is 8.36. The van der Waals surface area contributed by atoms with E-state index in [1.54, 1.807) is 0 Å². The van der Waals surface area contributed by atoms with Crippen LogP contribution in [0.15, 0.2) is 131 Å². The standard InChI is InChI=1S/C37H32BNO2S/c1-35(2)36(3,4)41-38(40-35)25-22-23-34-30(24-25)37(29-18-10-13-21-33(29)42-34)27-16-8-11-19-31(27)39(26-14-6-5-7-15-26)32-20-12-9-17-28(32)37/h5-24H,1-4H3. The molecule has 0 N–H and O–H groups in total. The van der Waals surface area contributed by atoms with Gasteiger partial charge in [0, 0.05) is 15.5 Å². The Hall–Kier alpha value is -3.77. The summed E-state index contributed by atoms with van der Waals surface area (Å²) < 4.78 is 13.1. The molecule has 206 valence electrons. The van der Waals surface area contributed by atoms with E-state index in [2.05, 4.69) is 154 Å². The lowest BCUT2D eigenvalue weighted by Gasteiger charge is -2.49. The number of nitrogens with zero attached hydrogens (tertiary/aromatic N) is 1. The molecular weight excluding hydrogens is 533 g/mol. The molecule has 5 heteroatoms. The summed E-state index contributed by atoms with van der Waals surface area (Å²) in [5, 5.41) is 0. The fraction of sp³-hybridized carbons (Fsp3) is 0.189. The fourth-order valence-corrected chi connectivity index (χ4v) is 8.04. The quantitative estimate of drug-likeness (QED) is 0.196. The lowest BCUT2D eigenvalue weighted by atomic mass is 9.61. The second-order valence-electron chi connectivity index (χ2n) is 12.4. The summed E-state index contributed by atoms with van der Waals surface area (Å²) in [6.45, 7) is 8.46. The lowest BCUT2D eigenvalue weighted by molar-refractivity contribution is 0.00578. The molecule has 0 aliphatic carbocycles. The van der Waals surface area contributed by atoms with Crippen LogP contribution >= 0.6 is 11.8 Å². The van der Waals surface area contributed by atoms with Crippen molar-refractivity contribution in [1.29, 1.82) is 0 Å². The van der Waals surface area contributed by atoms with Crippen LogP contribution in [0.3, 0.4) is 0 Å². The third kappa shape index (κ3) is 3.51. The molecule has 3 aliphatic rings. The first-order valence-electron chi connectivity index (χ1n) is 14.6. The average molecular weight is 566 g/mol. The number of anilines is 3. The molecule has 42 heavy (non-hydrogen) atoms. The summed E-state index contributed by atoms with van der Waals surface area (Å²) in [7, 11) is -0.436. The number of hydrogen-bond donors (Lipinski definition) is 0. The van der Waals surface area contributed by atoms with Gasteiger partial charge in [-0.1, -0.05) is 96.7 Å². The van der Waals surface area contributed by atoms with E-state index in [9.17, 15) is 0 Å². The van der Waals surface area contributed by atoms with Crippen molar-refractivity contribution >= 4 is 41.4 Å². The van der Waals surface area contributed by atoms with E-state index in [4.69, 9.17) is 9.31 Å². The van der Waals surface area contributed by atoms with Crippen LogP contribution in [-0.2, 0) is 14.7 Å². The molecule has 1 saturated heterocycles. The average Bonchev–Trinajstić information content (AvgIpc) is 3.23. The van der Waals surface area contributed by atoms with Gasteiger partial charge in [0.15, 0.2) is 0 Å². The van der Waals surface area contributed by atoms with E-state index >= 15 is 0 Å². The first kappa shape index (κ1) is 25.9. The molecule has 0 aromatic heterocycles. The molecule has 3 heterocycles. The first-order valence-corrected chi connectivity index (χ1v) is 15.4. The van der Waals surface area contributed by atoms with E-state index in [1.807, 2.05) is 11.8 Å². The maximum atomic E-state index is 6.56. The van der Waals surface area contributed by atoms with Gasteiger partial charge in [0.1, 0.15) is 0 Å². The van der Waals surface area contributed by atoms with E-state index in [0.29, 0.717) is 0 Å². The Kier molecular flexibility index (Phi) is 5.62. The van der Waals surface area contributed by atoms with Gasteiger partial charge in [-0.2, -0.15) is 0 Å². The Morgan fingerprint density at radius 2 is 1.07 bits per heavy atom. The Labute approximate surface area is 252 Å². The molecule has 3 aliphatic heterocycles. The summed E-state index contributed by atoms with van der Waals surface area (Å²) in [4.78, 5) is 4.95. The zero-order valence-electron chi connectivity index (χ0n) is 24.3. The Morgan fingerprint density at radius 1 is 0.548 bits per heavy atom. The molecule has 0 saturated carbocycles. The first-order chi connectivity index (χ1) is 20.3. The number of rotatable bonds is 2. The molecule has 0 amide bonds. The van der Waals surface area contributed by atoms with Crippen molar-refractivity contribution in [2.45, 2.75) is 54.1 Å². The normalized spacial score (nSPS) is 18.7. The molecule has 8 rings (SSSR count). The van der Waals surface area contributed by atoms with Gasteiger partial charge in [-0.3, -0.25) is 0 Å². The third-order valence-electron chi connectivity index (χ3n) is 9.56. The van der Waals surface area contributed by atoms with E-state index in [0.717, 1.165) is 11.2 Å². The predicted octanol–water partition coefficient (Wildman–Crippen LogP) is 8.62. The highest BCUT2D eigenvalue weighted by atomic mass is 32.2. The van der Waals surface area contributed by atoms with Crippen molar-refractivity contribution in [2.75, 3.05) is 4.90 Å². The molecule has 0 atom stereocenters.